The van der Waals surface area contributed by atoms with E-state index in [0.717, 1.165) is 12.1 Å². The molecule has 0 radical (unpaired) electrons. The highest BCUT2D eigenvalue weighted by molar-refractivity contribution is 5.94. The summed E-state index contributed by atoms with van der Waals surface area (Å²) in [5.41, 5.74) is 2.68. The highest BCUT2D eigenvalue weighted by Gasteiger charge is 2.09. The second kappa shape index (κ2) is 8.46. The van der Waals surface area contributed by atoms with Crippen LogP contribution >= 0.6 is 0 Å². The SMILES string of the molecule is CN(C)Cc1ccc(C(=O)NCCC(O)c2ccccc2)cc1. The van der Waals surface area contributed by atoms with Crippen molar-refractivity contribution in [1.82, 2.24) is 10.2 Å². The van der Waals surface area contributed by atoms with Crippen molar-refractivity contribution < 1.29 is 9.90 Å². The van der Waals surface area contributed by atoms with Gasteiger partial charge in [0.15, 0.2) is 0 Å². The molecule has 1 amide bonds. The molecule has 0 aliphatic rings. The van der Waals surface area contributed by atoms with Gasteiger partial charge in [-0.1, -0.05) is 42.5 Å². The van der Waals surface area contributed by atoms with Crippen LogP contribution in [0.4, 0.5) is 0 Å². The van der Waals surface area contributed by atoms with Crippen molar-refractivity contribution in [1.29, 1.82) is 0 Å². The average Bonchev–Trinajstić information content (AvgIpc) is 2.55. The van der Waals surface area contributed by atoms with Crippen molar-refractivity contribution in [2.75, 3.05) is 20.6 Å². The van der Waals surface area contributed by atoms with Gasteiger partial charge in [0.25, 0.3) is 5.91 Å². The lowest BCUT2D eigenvalue weighted by atomic mass is 10.1. The zero-order chi connectivity index (χ0) is 16.7. The molecule has 4 heteroatoms. The summed E-state index contributed by atoms with van der Waals surface area (Å²) in [7, 11) is 4.03. The fraction of sp³-hybridized carbons (Fsp3) is 0.316. The Balaban J connectivity index is 1.80. The molecule has 1 atom stereocenters. The Morgan fingerprint density at radius 2 is 1.74 bits per heavy atom. The lowest BCUT2D eigenvalue weighted by molar-refractivity contribution is 0.0942. The Kier molecular flexibility index (Phi) is 6.32. The fourth-order valence-corrected chi connectivity index (χ4v) is 2.39. The minimum Gasteiger partial charge on any atom is -0.388 e. The van der Waals surface area contributed by atoms with E-state index in [4.69, 9.17) is 0 Å². The average molecular weight is 312 g/mol. The number of hydrogen-bond acceptors (Lipinski definition) is 3. The third kappa shape index (κ3) is 5.51. The maximum Gasteiger partial charge on any atom is 0.251 e. The molecule has 0 aromatic heterocycles. The number of carbonyl (C=O) groups is 1. The van der Waals surface area contributed by atoms with E-state index in [1.165, 1.54) is 5.56 Å². The molecule has 0 aliphatic carbocycles. The Morgan fingerprint density at radius 1 is 1.09 bits per heavy atom. The van der Waals surface area contributed by atoms with Gasteiger partial charge in [-0.2, -0.15) is 0 Å². The van der Waals surface area contributed by atoms with Crippen LogP contribution in [-0.2, 0) is 6.54 Å². The van der Waals surface area contributed by atoms with Gasteiger partial charge in [0.2, 0.25) is 0 Å². The van der Waals surface area contributed by atoms with Gasteiger partial charge in [-0.15, -0.1) is 0 Å². The minimum atomic E-state index is -0.557. The highest BCUT2D eigenvalue weighted by atomic mass is 16.3. The first-order valence-corrected chi connectivity index (χ1v) is 7.81. The van der Waals surface area contributed by atoms with Crippen molar-refractivity contribution >= 4 is 5.91 Å². The largest absolute Gasteiger partial charge is 0.388 e. The van der Waals surface area contributed by atoms with Crippen LogP contribution < -0.4 is 5.32 Å². The molecule has 122 valence electrons. The molecule has 4 nitrogen and oxygen atoms in total. The number of nitrogens with one attached hydrogen (secondary N) is 1. The summed E-state index contributed by atoms with van der Waals surface area (Å²) in [5, 5.41) is 12.9. The molecule has 2 aromatic carbocycles. The summed E-state index contributed by atoms with van der Waals surface area (Å²) < 4.78 is 0. The van der Waals surface area contributed by atoms with E-state index in [0.29, 0.717) is 18.5 Å². The number of hydrogen-bond donors (Lipinski definition) is 2. The molecule has 0 spiro atoms. The molecule has 2 rings (SSSR count). The molecule has 0 aliphatic heterocycles. The van der Waals surface area contributed by atoms with E-state index in [9.17, 15) is 9.90 Å². The lowest BCUT2D eigenvalue weighted by Gasteiger charge is -2.12. The molecule has 1 unspecified atom stereocenters. The van der Waals surface area contributed by atoms with Crippen LogP contribution in [0.2, 0.25) is 0 Å². The molecule has 23 heavy (non-hydrogen) atoms. The summed E-state index contributed by atoms with van der Waals surface area (Å²) in [6.07, 6.45) is -0.0620. The number of rotatable bonds is 7. The Hall–Kier alpha value is -2.17. The van der Waals surface area contributed by atoms with Gasteiger partial charge < -0.3 is 15.3 Å². The normalized spacial score (nSPS) is 12.2. The van der Waals surface area contributed by atoms with E-state index in [1.54, 1.807) is 0 Å². The standard InChI is InChI=1S/C19H24N2O2/c1-21(2)14-15-8-10-17(11-9-15)19(23)20-13-12-18(22)16-6-4-3-5-7-16/h3-11,18,22H,12-14H2,1-2H3,(H,20,23). The van der Waals surface area contributed by atoms with E-state index in [-0.39, 0.29) is 5.91 Å². The summed E-state index contributed by atoms with van der Waals surface area (Å²) >= 11 is 0. The van der Waals surface area contributed by atoms with Crippen LogP contribution in [0.3, 0.4) is 0 Å². The van der Waals surface area contributed by atoms with Gasteiger partial charge in [-0.3, -0.25) is 4.79 Å². The third-order valence-electron chi connectivity index (χ3n) is 3.60. The van der Waals surface area contributed by atoms with Gasteiger partial charge >= 0.3 is 0 Å². The molecule has 0 saturated heterocycles. The van der Waals surface area contributed by atoms with Crippen LogP contribution in [0.15, 0.2) is 54.6 Å². The molecule has 2 N–H and O–H groups in total. The highest BCUT2D eigenvalue weighted by Crippen LogP contribution is 2.15. The molecule has 0 saturated carbocycles. The second-order valence-corrected chi connectivity index (χ2v) is 5.91. The Bertz CT molecular complexity index is 609. The van der Waals surface area contributed by atoms with E-state index < -0.39 is 6.10 Å². The fourth-order valence-electron chi connectivity index (χ4n) is 2.39. The van der Waals surface area contributed by atoms with Crippen molar-refractivity contribution in [2.24, 2.45) is 0 Å². The summed E-state index contributed by atoms with van der Waals surface area (Å²) in [6.45, 7) is 1.29. The predicted molar refractivity (Wildman–Crippen MR) is 92.2 cm³/mol. The number of amides is 1. The third-order valence-corrected chi connectivity index (χ3v) is 3.60. The summed E-state index contributed by atoms with van der Waals surface area (Å²) in [6, 6.07) is 17.1. The zero-order valence-electron chi connectivity index (χ0n) is 13.7. The topological polar surface area (TPSA) is 52.6 Å². The van der Waals surface area contributed by atoms with Gasteiger partial charge in [-0.25, -0.2) is 0 Å². The number of benzene rings is 2. The maximum atomic E-state index is 12.1. The van der Waals surface area contributed by atoms with Crippen LogP contribution in [0.1, 0.15) is 34.0 Å². The van der Waals surface area contributed by atoms with Crippen molar-refractivity contribution in [3.63, 3.8) is 0 Å². The molecular formula is C19H24N2O2. The van der Waals surface area contributed by atoms with E-state index in [2.05, 4.69) is 10.2 Å². The van der Waals surface area contributed by atoms with Gasteiger partial charge in [0.1, 0.15) is 0 Å². The Morgan fingerprint density at radius 3 is 2.35 bits per heavy atom. The summed E-state index contributed by atoms with van der Waals surface area (Å²) in [5.74, 6) is -0.110. The van der Waals surface area contributed by atoms with Crippen LogP contribution in [0.25, 0.3) is 0 Å². The first kappa shape index (κ1) is 17.2. The van der Waals surface area contributed by atoms with E-state index >= 15 is 0 Å². The number of aliphatic hydroxyl groups is 1. The molecule has 0 heterocycles. The monoisotopic (exact) mass is 312 g/mol. The molecular weight excluding hydrogens is 288 g/mol. The lowest BCUT2D eigenvalue weighted by Crippen LogP contribution is -2.25. The van der Waals surface area contributed by atoms with E-state index in [1.807, 2.05) is 68.7 Å². The zero-order valence-corrected chi connectivity index (χ0v) is 13.7. The minimum absolute atomic E-state index is 0.110. The first-order chi connectivity index (χ1) is 11.1. The number of nitrogens with zero attached hydrogens (tertiary/aromatic N) is 1. The summed E-state index contributed by atoms with van der Waals surface area (Å²) in [4.78, 5) is 14.2. The number of carbonyl (C=O) groups excluding carboxylic acids is 1. The van der Waals surface area contributed by atoms with Crippen LogP contribution in [0.5, 0.6) is 0 Å². The second-order valence-electron chi connectivity index (χ2n) is 5.91. The maximum absolute atomic E-state index is 12.1. The van der Waals surface area contributed by atoms with Crippen molar-refractivity contribution in [3.05, 3.63) is 71.3 Å². The smallest absolute Gasteiger partial charge is 0.251 e. The molecule has 0 fully saturated rings. The van der Waals surface area contributed by atoms with Crippen LogP contribution in [-0.4, -0.2) is 36.6 Å². The van der Waals surface area contributed by atoms with Crippen molar-refractivity contribution in [3.8, 4) is 0 Å². The molecule has 2 aromatic rings. The predicted octanol–water partition coefficient (Wildman–Crippen LogP) is 2.60. The van der Waals surface area contributed by atoms with Gasteiger partial charge in [0, 0.05) is 18.7 Å². The first-order valence-electron chi connectivity index (χ1n) is 7.81. The van der Waals surface area contributed by atoms with Gasteiger partial charge in [-0.05, 0) is 43.8 Å². The van der Waals surface area contributed by atoms with Gasteiger partial charge in [0.05, 0.1) is 6.10 Å². The quantitative estimate of drug-likeness (QED) is 0.826. The van der Waals surface area contributed by atoms with Crippen molar-refractivity contribution in [2.45, 2.75) is 19.1 Å². The number of aliphatic hydroxyl groups excluding tert-OH is 1. The van der Waals surface area contributed by atoms with Crippen LogP contribution in [0, 0.1) is 0 Å². The molecule has 0 bridgehead atoms. The Labute approximate surface area is 137 Å².